The molecule has 0 bridgehead atoms. The van der Waals surface area contributed by atoms with Crippen LogP contribution in [0.3, 0.4) is 0 Å². The standard InChI is InChI=1S/C26H36ClF3N4O3/c1-15-6-8-17(9-7-15)13-31-24(35)22-21(27)23(34(33-22)14-25(3,4)36)19-11-10-18(12-20(19)37-5)32-16(2)26(28,29)30/h10-12,15-17,32,36H,6-9,13-14H2,1-5H3,(H,31,35)/t15?,16-,17?/m1/s1. The molecule has 0 aliphatic heterocycles. The number of nitrogens with zero attached hydrogens (tertiary/aromatic N) is 2. The maximum absolute atomic E-state index is 13.1. The van der Waals surface area contributed by atoms with E-state index in [1.807, 2.05) is 0 Å². The van der Waals surface area contributed by atoms with E-state index in [2.05, 4.69) is 22.7 Å². The van der Waals surface area contributed by atoms with Crippen LogP contribution in [-0.2, 0) is 6.54 Å². The first-order valence-electron chi connectivity index (χ1n) is 12.5. The molecule has 37 heavy (non-hydrogen) atoms. The van der Waals surface area contributed by atoms with Crippen LogP contribution in [0.25, 0.3) is 11.3 Å². The summed E-state index contributed by atoms with van der Waals surface area (Å²) in [5.74, 6) is 0.919. The van der Waals surface area contributed by atoms with Gasteiger partial charge in [0.25, 0.3) is 5.91 Å². The Kier molecular flexibility index (Phi) is 9.06. The molecule has 0 radical (unpaired) electrons. The Morgan fingerprint density at radius 1 is 1.27 bits per heavy atom. The molecule has 7 nitrogen and oxygen atoms in total. The molecule has 1 saturated carbocycles. The number of carbonyl (C=O) groups is 1. The van der Waals surface area contributed by atoms with Gasteiger partial charge in [-0.15, -0.1) is 0 Å². The van der Waals surface area contributed by atoms with Gasteiger partial charge in [-0.1, -0.05) is 31.4 Å². The molecule has 0 unspecified atom stereocenters. The van der Waals surface area contributed by atoms with E-state index in [1.165, 1.54) is 23.9 Å². The van der Waals surface area contributed by atoms with Crippen LogP contribution in [0.5, 0.6) is 5.75 Å². The summed E-state index contributed by atoms with van der Waals surface area (Å²) in [6, 6.07) is 2.69. The van der Waals surface area contributed by atoms with Crippen LogP contribution < -0.4 is 15.4 Å². The van der Waals surface area contributed by atoms with E-state index in [0.29, 0.717) is 29.6 Å². The molecule has 1 aromatic carbocycles. The van der Waals surface area contributed by atoms with Crippen molar-refractivity contribution in [3.05, 3.63) is 28.9 Å². The Balaban J connectivity index is 1.93. The van der Waals surface area contributed by atoms with E-state index >= 15 is 0 Å². The second-order valence-electron chi connectivity index (χ2n) is 10.6. The highest BCUT2D eigenvalue weighted by Gasteiger charge is 2.36. The lowest BCUT2D eigenvalue weighted by atomic mass is 9.83. The number of methoxy groups -OCH3 is 1. The Morgan fingerprint density at radius 2 is 1.92 bits per heavy atom. The first-order chi connectivity index (χ1) is 17.2. The highest BCUT2D eigenvalue weighted by molar-refractivity contribution is 6.36. The topological polar surface area (TPSA) is 88.4 Å². The summed E-state index contributed by atoms with van der Waals surface area (Å²) in [6.45, 7) is 6.99. The highest BCUT2D eigenvalue weighted by atomic mass is 35.5. The summed E-state index contributed by atoms with van der Waals surface area (Å²) < 4.78 is 46.0. The quantitative estimate of drug-likeness (QED) is 0.366. The smallest absolute Gasteiger partial charge is 0.408 e. The average molecular weight is 545 g/mol. The predicted octanol–water partition coefficient (Wildman–Crippen LogP) is 5.90. The van der Waals surface area contributed by atoms with E-state index in [4.69, 9.17) is 16.3 Å². The van der Waals surface area contributed by atoms with Gasteiger partial charge in [0, 0.05) is 23.9 Å². The van der Waals surface area contributed by atoms with Gasteiger partial charge in [-0.25, -0.2) is 0 Å². The molecule has 1 amide bonds. The first kappa shape index (κ1) is 29.1. The molecule has 3 N–H and O–H groups in total. The Bertz CT molecular complexity index is 1090. The highest BCUT2D eigenvalue weighted by Crippen LogP contribution is 2.39. The average Bonchev–Trinajstić information content (AvgIpc) is 3.11. The Morgan fingerprint density at radius 3 is 2.49 bits per heavy atom. The fraction of sp³-hybridized carbons (Fsp3) is 0.615. The molecular formula is C26H36ClF3N4O3. The number of rotatable bonds is 9. The third-order valence-corrected chi connectivity index (χ3v) is 7.02. The monoisotopic (exact) mass is 544 g/mol. The summed E-state index contributed by atoms with van der Waals surface area (Å²) >= 11 is 6.70. The summed E-state index contributed by atoms with van der Waals surface area (Å²) in [5, 5.41) is 20.3. The number of ether oxygens (including phenoxy) is 1. The molecule has 1 aliphatic carbocycles. The number of carbonyl (C=O) groups excluding carboxylic acids is 1. The molecule has 2 aromatic rings. The number of hydrogen-bond donors (Lipinski definition) is 3. The van der Waals surface area contributed by atoms with Gasteiger partial charge in [-0.2, -0.15) is 18.3 Å². The largest absolute Gasteiger partial charge is 0.496 e. The SMILES string of the molecule is COc1cc(N[C@H](C)C(F)(F)F)ccc1-c1c(Cl)c(C(=O)NCC2CCC(C)CC2)nn1CC(C)(C)O. The maximum Gasteiger partial charge on any atom is 0.408 e. The van der Waals surface area contributed by atoms with Crippen molar-refractivity contribution in [1.82, 2.24) is 15.1 Å². The zero-order valence-electron chi connectivity index (χ0n) is 21.9. The van der Waals surface area contributed by atoms with Gasteiger partial charge in [0.15, 0.2) is 5.69 Å². The minimum atomic E-state index is -4.42. The second-order valence-corrected chi connectivity index (χ2v) is 11.0. The lowest BCUT2D eigenvalue weighted by Gasteiger charge is -2.26. The van der Waals surface area contributed by atoms with E-state index in [-0.39, 0.29) is 28.7 Å². The molecule has 206 valence electrons. The van der Waals surface area contributed by atoms with Crippen LogP contribution >= 0.6 is 11.6 Å². The van der Waals surface area contributed by atoms with Gasteiger partial charge in [-0.05, 0) is 57.6 Å². The number of alkyl halides is 3. The number of aromatic nitrogens is 2. The zero-order chi connectivity index (χ0) is 27.5. The fourth-order valence-electron chi connectivity index (χ4n) is 4.49. The molecule has 1 fully saturated rings. The van der Waals surface area contributed by atoms with Crippen LogP contribution in [0.15, 0.2) is 18.2 Å². The van der Waals surface area contributed by atoms with Crippen molar-refractivity contribution in [1.29, 1.82) is 0 Å². The van der Waals surface area contributed by atoms with Gasteiger partial charge >= 0.3 is 6.18 Å². The van der Waals surface area contributed by atoms with E-state index in [0.717, 1.165) is 32.6 Å². The molecular weight excluding hydrogens is 509 g/mol. The number of hydrogen-bond acceptors (Lipinski definition) is 5. The molecule has 0 saturated heterocycles. The zero-order valence-corrected chi connectivity index (χ0v) is 22.6. The summed E-state index contributed by atoms with van der Waals surface area (Å²) in [4.78, 5) is 13.1. The second kappa shape index (κ2) is 11.5. The normalized spacial score (nSPS) is 19.4. The van der Waals surface area contributed by atoms with Gasteiger partial charge < -0.3 is 20.5 Å². The Labute approximate surface area is 220 Å². The van der Waals surface area contributed by atoms with Crippen LogP contribution in [0.2, 0.25) is 5.02 Å². The molecule has 3 rings (SSSR count). The van der Waals surface area contributed by atoms with Crippen molar-refractivity contribution >= 4 is 23.2 Å². The molecule has 0 spiro atoms. The molecule has 1 aromatic heterocycles. The van der Waals surface area contributed by atoms with Gasteiger partial charge in [0.05, 0.1) is 30.0 Å². The summed E-state index contributed by atoms with van der Waals surface area (Å²) in [5.41, 5.74) is -0.217. The molecule has 1 heterocycles. The fourth-order valence-corrected chi connectivity index (χ4v) is 4.81. The number of anilines is 1. The lowest BCUT2D eigenvalue weighted by molar-refractivity contribution is -0.138. The van der Waals surface area contributed by atoms with Crippen molar-refractivity contribution in [2.45, 2.75) is 77.7 Å². The van der Waals surface area contributed by atoms with E-state index in [9.17, 15) is 23.1 Å². The van der Waals surface area contributed by atoms with Crippen LogP contribution in [0, 0.1) is 11.8 Å². The number of amides is 1. The van der Waals surface area contributed by atoms with Crippen LogP contribution in [0.1, 0.15) is 63.9 Å². The number of nitrogens with one attached hydrogen (secondary N) is 2. The lowest BCUT2D eigenvalue weighted by Crippen LogP contribution is -2.33. The van der Waals surface area contributed by atoms with Crippen molar-refractivity contribution in [2.24, 2.45) is 11.8 Å². The van der Waals surface area contributed by atoms with Crippen LogP contribution in [-0.4, -0.2) is 52.3 Å². The van der Waals surface area contributed by atoms with E-state index < -0.39 is 23.7 Å². The number of benzene rings is 1. The van der Waals surface area contributed by atoms with Crippen molar-refractivity contribution in [2.75, 3.05) is 19.0 Å². The third-order valence-electron chi connectivity index (χ3n) is 6.66. The molecule has 1 atom stereocenters. The van der Waals surface area contributed by atoms with Gasteiger partial charge in [-0.3, -0.25) is 9.48 Å². The van der Waals surface area contributed by atoms with Crippen molar-refractivity contribution < 1.29 is 27.8 Å². The number of halogens is 4. The summed E-state index contributed by atoms with van der Waals surface area (Å²) in [6.07, 6.45) is -0.0367. The van der Waals surface area contributed by atoms with Crippen molar-refractivity contribution in [3.8, 4) is 17.0 Å². The van der Waals surface area contributed by atoms with Crippen LogP contribution in [0.4, 0.5) is 18.9 Å². The maximum atomic E-state index is 13.1. The van der Waals surface area contributed by atoms with Gasteiger partial charge in [0.2, 0.25) is 0 Å². The minimum Gasteiger partial charge on any atom is -0.496 e. The van der Waals surface area contributed by atoms with E-state index in [1.54, 1.807) is 19.9 Å². The van der Waals surface area contributed by atoms with Gasteiger partial charge in [0.1, 0.15) is 11.8 Å². The Hall–Kier alpha value is -2.46. The van der Waals surface area contributed by atoms with Crippen molar-refractivity contribution in [3.63, 3.8) is 0 Å². The third kappa shape index (κ3) is 7.54. The summed E-state index contributed by atoms with van der Waals surface area (Å²) in [7, 11) is 1.39. The minimum absolute atomic E-state index is 0.0139. The molecule has 11 heteroatoms. The number of aliphatic hydroxyl groups is 1. The predicted molar refractivity (Wildman–Crippen MR) is 138 cm³/mol. The first-order valence-corrected chi connectivity index (χ1v) is 12.9. The molecule has 1 aliphatic rings.